The van der Waals surface area contributed by atoms with Crippen LogP contribution in [0.1, 0.15) is 37.8 Å². The Hall–Kier alpha value is -1.27. The summed E-state index contributed by atoms with van der Waals surface area (Å²) in [6.45, 7) is 4.14. The zero-order chi connectivity index (χ0) is 16.1. The number of carbonyl (C=O) groups excluding carboxylic acids is 1. The number of carbonyl (C=O) groups is 1. The summed E-state index contributed by atoms with van der Waals surface area (Å²) in [5.74, 6) is -0.316. The predicted molar refractivity (Wildman–Crippen MR) is 82.9 cm³/mol. The number of benzene rings is 1. The first kappa shape index (κ1) is 20.7. The van der Waals surface area contributed by atoms with Crippen molar-refractivity contribution in [3.8, 4) is 0 Å². The lowest BCUT2D eigenvalue weighted by Crippen LogP contribution is -2.53. The number of amides is 1. The molecule has 3 N–H and O–H groups in total. The SMILES string of the molecule is CCC(CC)(CN)NC(=O)Cc1cccc(C(F)(F)F)c1.Cl. The van der Waals surface area contributed by atoms with Crippen molar-refractivity contribution in [2.45, 2.75) is 44.8 Å². The Morgan fingerprint density at radius 1 is 1.23 bits per heavy atom. The molecule has 0 saturated carbocycles. The van der Waals surface area contributed by atoms with Crippen LogP contribution in [0, 0.1) is 0 Å². The van der Waals surface area contributed by atoms with Crippen molar-refractivity contribution in [1.82, 2.24) is 5.32 Å². The molecule has 0 fully saturated rings. The molecule has 22 heavy (non-hydrogen) atoms. The highest BCUT2D eigenvalue weighted by atomic mass is 35.5. The van der Waals surface area contributed by atoms with Crippen molar-refractivity contribution in [3.63, 3.8) is 0 Å². The summed E-state index contributed by atoms with van der Waals surface area (Å²) in [6, 6.07) is 4.81. The third kappa shape index (κ3) is 5.50. The predicted octanol–water partition coefficient (Wildman–Crippen LogP) is 3.30. The lowest BCUT2D eigenvalue weighted by molar-refractivity contribution is -0.137. The fourth-order valence-corrected chi connectivity index (χ4v) is 2.15. The molecular weight excluding hydrogens is 317 g/mol. The van der Waals surface area contributed by atoms with Gasteiger partial charge in [-0.25, -0.2) is 0 Å². The monoisotopic (exact) mass is 338 g/mol. The largest absolute Gasteiger partial charge is 0.416 e. The Morgan fingerprint density at radius 2 is 1.82 bits per heavy atom. The van der Waals surface area contributed by atoms with E-state index in [-0.39, 0.29) is 24.7 Å². The molecule has 0 aliphatic heterocycles. The lowest BCUT2D eigenvalue weighted by atomic mass is 9.92. The minimum atomic E-state index is -4.40. The summed E-state index contributed by atoms with van der Waals surface area (Å²) in [7, 11) is 0. The van der Waals surface area contributed by atoms with Gasteiger partial charge in [-0.3, -0.25) is 4.79 Å². The van der Waals surface area contributed by atoms with Crippen LogP contribution in [-0.4, -0.2) is 18.0 Å². The van der Waals surface area contributed by atoms with Crippen molar-refractivity contribution in [1.29, 1.82) is 0 Å². The van der Waals surface area contributed by atoms with Crippen LogP contribution in [0.4, 0.5) is 13.2 Å². The highest BCUT2D eigenvalue weighted by Gasteiger charge is 2.31. The van der Waals surface area contributed by atoms with Gasteiger partial charge in [-0.05, 0) is 24.5 Å². The van der Waals surface area contributed by atoms with Crippen LogP contribution in [0.15, 0.2) is 24.3 Å². The van der Waals surface area contributed by atoms with Crippen LogP contribution < -0.4 is 11.1 Å². The Labute approximate surface area is 134 Å². The van der Waals surface area contributed by atoms with Crippen molar-refractivity contribution in [2.75, 3.05) is 6.54 Å². The van der Waals surface area contributed by atoms with Crippen LogP contribution in [0.25, 0.3) is 0 Å². The van der Waals surface area contributed by atoms with Crippen molar-refractivity contribution in [3.05, 3.63) is 35.4 Å². The molecule has 126 valence electrons. The zero-order valence-electron chi connectivity index (χ0n) is 12.7. The van der Waals surface area contributed by atoms with Gasteiger partial charge in [0.15, 0.2) is 0 Å². The van der Waals surface area contributed by atoms with E-state index in [4.69, 9.17) is 5.73 Å². The first-order valence-corrected chi connectivity index (χ1v) is 6.93. The number of halogens is 4. The molecule has 1 aromatic rings. The molecule has 1 aromatic carbocycles. The van der Waals surface area contributed by atoms with E-state index in [0.717, 1.165) is 12.1 Å². The van der Waals surface area contributed by atoms with Gasteiger partial charge in [-0.2, -0.15) is 13.2 Å². The van der Waals surface area contributed by atoms with Gasteiger partial charge in [0.1, 0.15) is 0 Å². The van der Waals surface area contributed by atoms with Gasteiger partial charge in [0.25, 0.3) is 0 Å². The van der Waals surface area contributed by atoms with Crippen LogP contribution in [0.3, 0.4) is 0 Å². The fourth-order valence-electron chi connectivity index (χ4n) is 2.15. The second kappa shape index (κ2) is 8.39. The van der Waals surface area contributed by atoms with Crippen LogP contribution in [0.5, 0.6) is 0 Å². The van der Waals surface area contributed by atoms with E-state index in [1.165, 1.54) is 12.1 Å². The number of rotatable bonds is 6. The van der Waals surface area contributed by atoms with Crippen molar-refractivity contribution < 1.29 is 18.0 Å². The summed E-state index contributed by atoms with van der Waals surface area (Å²) in [6.07, 6.45) is -3.14. The van der Waals surface area contributed by atoms with Gasteiger partial charge >= 0.3 is 6.18 Å². The number of hydrogen-bond donors (Lipinski definition) is 2. The van der Waals surface area contributed by atoms with E-state index in [0.29, 0.717) is 24.9 Å². The molecular formula is C15H22ClF3N2O. The molecule has 0 heterocycles. The molecule has 0 spiro atoms. The summed E-state index contributed by atoms with van der Waals surface area (Å²) >= 11 is 0. The summed E-state index contributed by atoms with van der Waals surface area (Å²) in [5, 5.41) is 2.84. The van der Waals surface area contributed by atoms with E-state index < -0.39 is 17.3 Å². The quantitative estimate of drug-likeness (QED) is 0.836. The molecule has 0 unspecified atom stereocenters. The Bertz CT molecular complexity index is 480. The van der Waals surface area contributed by atoms with Crippen LogP contribution >= 0.6 is 12.4 Å². The molecule has 3 nitrogen and oxygen atoms in total. The molecule has 0 radical (unpaired) electrons. The summed E-state index contributed by atoms with van der Waals surface area (Å²) in [4.78, 5) is 12.0. The molecule has 0 bridgehead atoms. The summed E-state index contributed by atoms with van der Waals surface area (Å²) in [5.41, 5.74) is 4.79. The minimum Gasteiger partial charge on any atom is -0.349 e. The maximum absolute atomic E-state index is 12.6. The third-order valence-corrected chi connectivity index (χ3v) is 3.77. The van der Waals surface area contributed by atoms with Gasteiger partial charge in [-0.15, -0.1) is 12.4 Å². The minimum absolute atomic E-state index is 0. The van der Waals surface area contributed by atoms with Gasteiger partial charge < -0.3 is 11.1 Å². The number of nitrogens with one attached hydrogen (secondary N) is 1. The molecule has 0 aromatic heterocycles. The first-order chi connectivity index (χ1) is 9.76. The molecule has 0 aliphatic rings. The Balaban J connectivity index is 0.00000441. The molecule has 0 saturated heterocycles. The van der Waals surface area contributed by atoms with E-state index in [9.17, 15) is 18.0 Å². The van der Waals surface area contributed by atoms with Crippen molar-refractivity contribution in [2.24, 2.45) is 5.73 Å². The standard InChI is InChI=1S/C15H21F3N2O.ClH/c1-3-14(4-2,10-19)20-13(21)9-11-6-5-7-12(8-11)15(16,17)18;/h5-8H,3-4,9-10,19H2,1-2H3,(H,20,21);1H. The maximum atomic E-state index is 12.6. The van der Waals surface area contributed by atoms with E-state index in [1.54, 1.807) is 0 Å². The second-order valence-electron chi connectivity index (χ2n) is 5.11. The summed E-state index contributed by atoms with van der Waals surface area (Å²) < 4.78 is 37.9. The van der Waals surface area contributed by atoms with Crippen LogP contribution in [-0.2, 0) is 17.4 Å². The molecule has 1 rings (SSSR count). The van der Waals surface area contributed by atoms with Gasteiger partial charge in [0.2, 0.25) is 5.91 Å². The van der Waals surface area contributed by atoms with E-state index >= 15 is 0 Å². The zero-order valence-corrected chi connectivity index (χ0v) is 13.5. The van der Waals surface area contributed by atoms with E-state index in [2.05, 4.69) is 5.32 Å². The Kier molecular flexibility index (Phi) is 7.90. The highest BCUT2D eigenvalue weighted by molar-refractivity contribution is 5.85. The number of nitrogens with two attached hydrogens (primary N) is 1. The van der Waals surface area contributed by atoms with Gasteiger partial charge in [-0.1, -0.05) is 32.0 Å². The highest BCUT2D eigenvalue weighted by Crippen LogP contribution is 2.29. The molecule has 0 atom stereocenters. The number of alkyl halides is 3. The maximum Gasteiger partial charge on any atom is 0.416 e. The number of hydrogen-bond acceptors (Lipinski definition) is 2. The fraction of sp³-hybridized carbons (Fsp3) is 0.533. The molecule has 1 amide bonds. The molecule has 0 aliphatic carbocycles. The van der Waals surface area contributed by atoms with Crippen molar-refractivity contribution >= 4 is 18.3 Å². The smallest absolute Gasteiger partial charge is 0.349 e. The first-order valence-electron chi connectivity index (χ1n) is 6.93. The normalized spacial score (nSPS) is 11.7. The average Bonchev–Trinajstić information content (AvgIpc) is 2.44. The van der Waals surface area contributed by atoms with Gasteiger partial charge in [0, 0.05) is 6.54 Å². The van der Waals surface area contributed by atoms with Crippen LogP contribution in [0.2, 0.25) is 0 Å². The second-order valence-corrected chi connectivity index (χ2v) is 5.11. The average molecular weight is 339 g/mol. The molecule has 7 heteroatoms. The van der Waals surface area contributed by atoms with Gasteiger partial charge in [0.05, 0.1) is 17.5 Å². The van der Waals surface area contributed by atoms with E-state index in [1.807, 2.05) is 13.8 Å². The topological polar surface area (TPSA) is 55.1 Å². The third-order valence-electron chi connectivity index (χ3n) is 3.77. The Morgan fingerprint density at radius 3 is 2.27 bits per heavy atom. The lowest BCUT2D eigenvalue weighted by Gasteiger charge is -2.31.